The Morgan fingerprint density at radius 1 is 1.17 bits per heavy atom. The molecule has 7 nitrogen and oxygen atoms in total. The number of amides is 1. The number of guanidine groups is 1. The van der Waals surface area contributed by atoms with Crippen LogP contribution in [0.2, 0.25) is 0 Å². The van der Waals surface area contributed by atoms with Crippen molar-refractivity contribution in [2.24, 2.45) is 4.99 Å². The number of rotatable bonds is 8. The number of nitrogens with zero attached hydrogens (tertiary/aromatic N) is 3. The number of carbonyl (C=O) groups excluding carboxylic acids is 1. The molecule has 1 aromatic carbocycles. The van der Waals surface area contributed by atoms with Gasteiger partial charge in [0.05, 0.1) is 18.8 Å². The lowest BCUT2D eigenvalue weighted by atomic mass is 10.2. The van der Waals surface area contributed by atoms with E-state index >= 15 is 0 Å². The van der Waals surface area contributed by atoms with Crippen LogP contribution >= 0.6 is 0 Å². The average molecular weight is 416 g/mol. The quantitative estimate of drug-likeness (QED) is 0.388. The van der Waals surface area contributed by atoms with Crippen LogP contribution < -0.4 is 15.5 Å². The van der Waals surface area contributed by atoms with E-state index in [9.17, 15) is 4.79 Å². The van der Waals surface area contributed by atoms with Crippen LogP contribution in [0.5, 0.6) is 0 Å². The molecular formula is C23H37N5O2. The molecule has 3 rings (SSSR count). The molecule has 1 amide bonds. The van der Waals surface area contributed by atoms with Crippen molar-refractivity contribution in [3.8, 4) is 0 Å². The zero-order chi connectivity index (χ0) is 21.3. The Morgan fingerprint density at radius 2 is 1.90 bits per heavy atom. The van der Waals surface area contributed by atoms with Gasteiger partial charge in [0.1, 0.15) is 0 Å². The number of nitrogens with one attached hydrogen (secondary N) is 2. The summed E-state index contributed by atoms with van der Waals surface area (Å²) in [5.41, 5.74) is 2.13. The van der Waals surface area contributed by atoms with Gasteiger partial charge in [0.25, 0.3) is 0 Å². The van der Waals surface area contributed by atoms with Gasteiger partial charge in [0.15, 0.2) is 5.96 Å². The zero-order valence-electron chi connectivity index (χ0n) is 18.7. The normalized spacial score (nSPS) is 23.1. The van der Waals surface area contributed by atoms with Gasteiger partial charge in [-0.25, -0.2) is 4.99 Å². The molecule has 166 valence electrons. The third kappa shape index (κ3) is 6.71. The summed E-state index contributed by atoms with van der Waals surface area (Å²) in [4.78, 5) is 21.0. The van der Waals surface area contributed by atoms with E-state index < -0.39 is 0 Å². The molecule has 2 aliphatic heterocycles. The number of benzene rings is 1. The Hall–Kier alpha value is -2.12. The van der Waals surface area contributed by atoms with Gasteiger partial charge in [-0.1, -0.05) is 12.1 Å². The van der Waals surface area contributed by atoms with Crippen molar-refractivity contribution < 1.29 is 9.53 Å². The summed E-state index contributed by atoms with van der Waals surface area (Å²) < 4.78 is 5.80. The number of carbonyl (C=O) groups is 1. The monoisotopic (exact) mass is 415 g/mol. The van der Waals surface area contributed by atoms with Crippen LogP contribution in [0.15, 0.2) is 29.3 Å². The first-order valence-electron chi connectivity index (χ1n) is 11.3. The number of ether oxygens (including phenoxy) is 1. The molecule has 2 atom stereocenters. The van der Waals surface area contributed by atoms with E-state index in [0.717, 1.165) is 69.3 Å². The van der Waals surface area contributed by atoms with Crippen LogP contribution in [-0.2, 0) is 16.1 Å². The molecule has 0 bridgehead atoms. The predicted molar refractivity (Wildman–Crippen MR) is 122 cm³/mol. The topological polar surface area (TPSA) is 69.2 Å². The molecule has 0 aromatic heterocycles. The third-order valence-electron chi connectivity index (χ3n) is 5.52. The van der Waals surface area contributed by atoms with Crippen molar-refractivity contribution >= 4 is 17.6 Å². The second-order valence-corrected chi connectivity index (χ2v) is 8.31. The molecule has 0 spiro atoms. The summed E-state index contributed by atoms with van der Waals surface area (Å²) in [5, 5.41) is 6.76. The fraction of sp³-hybridized carbons (Fsp3) is 0.652. The van der Waals surface area contributed by atoms with Crippen LogP contribution in [0, 0.1) is 0 Å². The molecule has 2 unspecified atom stereocenters. The van der Waals surface area contributed by atoms with Gasteiger partial charge in [0, 0.05) is 51.4 Å². The van der Waals surface area contributed by atoms with Gasteiger partial charge < -0.3 is 20.3 Å². The highest BCUT2D eigenvalue weighted by Crippen LogP contribution is 2.21. The molecule has 0 saturated carbocycles. The Balaban J connectivity index is 1.44. The average Bonchev–Trinajstić information content (AvgIpc) is 3.15. The van der Waals surface area contributed by atoms with Gasteiger partial charge >= 0.3 is 0 Å². The van der Waals surface area contributed by atoms with Gasteiger partial charge in [-0.05, 0) is 51.3 Å². The van der Waals surface area contributed by atoms with E-state index in [4.69, 9.17) is 9.73 Å². The minimum atomic E-state index is 0.223. The maximum Gasteiger partial charge on any atom is 0.227 e. The van der Waals surface area contributed by atoms with Crippen molar-refractivity contribution in [3.05, 3.63) is 29.8 Å². The fourth-order valence-corrected chi connectivity index (χ4v) is 4.19. The molecule has 2 saturated heterocycles. The summed E-state index contributed by atoms with van der Waals surface area (Å²) in [6.07, 6.45) is 3.31. The number of anilines is 1. The molecule has 2 fully saturated rings. The largest absolute Gasteiger partial charge is 0.373 e. The Kier molecular flexibility index (Phi) is 8.51. The standard InChI is InChI=1S/C23H37N5O2/c1-4-24-23(25-12-6-13-27-16-18(2)30-19(3)17-27)26-15-20-8-10-21(11-9-20)28-14-5-7-22(28)29/h8-11,18-19H,4-7,12-17H2,1-3H3,(H2,24,25,26). The molecular weight excluding hydrogens is 378 g/mol. The summed E-state index contributed by atoms with van der Waals surface area (Å²) in [6, 6.07) is 8.18. The van der Waals surface area contributed by atoms with Crippen LogP contribution in [-0.4, -0.2) is 68.2 Å². The molecule has 7 heteroatoms. The second kappa shape index (κ2) is 11.3. The first-order chi connectivity index (χ1) is 14.5. The number of morpholine rings is 1. The molecule has 30 heavy (non-hydrogen) atoms. The highest BCUT2D eigenvalue weighted by Gasteiger charge is 2.22. The molecule has 0 radical (unpaired) electrons. The number of aliphatic imine (C=N–C) groups is 1. The van der Waals surface area contributed by atoms with Gasteiger partial charge in [-0.2, -0.15) is 0 Å². The van der Waals surface area contributed by atoms with Crippen LogP contribution in [0.4, 0.5) is 5.69 Å². The smallest absolute Gasteiger partial charge is 0.227 e. The zero-order valence-corrected chi connectivity index (χ0v) is 18.7. The molecule has 1 aromatic rings. The second-order valence-electron chi connectivity index (χ2n) is 8.31. The van der Waals surface area contributed by atoms with Gasteiger partial charge in [-0.3, -0.25) is 9.69 Å². The van der Waals surface area contributed by atoms with Crippen LogP contribution in [0.3, 0.4) is 0 Å². The SMILES string of the molecule is CCNC(=NCc1ccc(N2CCCC2=O)cc1)NCCCN1CC(C)OC(C)C1. The highest BCUT2D eigenvalue weighted by molar-refractivity contribution is 5.95. The first kappa shape index (κ1) is 22.6. The summed E-state index contributed by atoms with van der Waals surface area (Å²) in [5.74, 6) is 1.07. The molecule has 2 heterocycles. The summed E-state index contributed by atoms with van der Waals surface area (Å²) in [6.45, 7) is 12.6. The van der Waals surface area contributed by atoms with Crippen LogP contribution in [0.25, 0.3) is 0 Å². The molecule has 0 aliphatic carbocycles. The van der Waals surface area contributed by atoms with Crippen LogP contribution in [0.1, 0.15) is 45.6 Å². The Morgan fingerprint density at radius 3 is 2.53 bits per heavy atom. The van der Waals surface area contributed by atoms with Crippen molar-refractivity contribution in [1.82, 2.24) is 15.5 Å². The Labute approximate surface area is 180 Å². The van der Waals surface area contributed by atoms with E-state index in [1.807, 2.05) is 17.0 Å². The van der Waals surface area contributed by atoms with E-state index in [1.165, 1.54) is 0 Å². The van der Waals surface area contributed by atoms with Crippen molar-refractivity contribution in [2.45, 2.75) is 58.8 Å². The lowest BCUT2D eigenvalue weighted by Crippen LogP contribution is -2.46. The summed E-state index contributed by atoms with van der Waals surface area (Å²) in [7, 11) is 0. The van der Waals surface area contributed by atoms with Crippen molar-refractivity contribution in [1.29, 1.82) is 0 Å². The lowest BCUT2D eigenvalue weighted by molar-refractivity contribution is -0.117. The minimum Gasteiger partial charge on any atom is -0.373 e. The Bertz CT molecular complexity index is 696. The maximum absolute atomic E-state index is 11.9. The van der Waals surface area contributed by atoms with Gasteiger partial charge in [-0.15, -0.1) is 0 Å². The first-order valence-corrected chi connectivity index (χ1v) is 11.3. The lowest BCUT2D eigenvalue weighted by Gasteiger charge is -2.35. The minimum absolute atomic E-state index is 0.223. The van der Waals surface area contributed by atoms with E-state index in [-0.39, 0.29) is 5.91 Å². The van der Waals surface area contributed by atoms with E-state index in [1.54, 1.807) is 0 Å². The molecule has 2 aliphatic rings. The predicted octanol–water partition coefficient (Wildman–Crippen LogP) is 2.37. The molecule has 2 N–H and O–H groups in total. The van der Waals surface area contributed by atoms with Crippen molar-refractivity contribution in [2.75, 3.05) is 44.2 Å². The fourth-order valence-electron chi connectivity index (χ4n) is 4.19. The van der Waals surface area contributed by atoms with E-state index in [2.05, 4.69) is 48.4 Å². The third-order valence-corrected chi connectivity index (χ3v) is 5.52. The summed E-state index contributed by atoms with van der Waals surface area (Å²) >= 11 is 0. The number of hydrogen-bond donors (Lipinski definition) is 2. The maximum atomic E-state index is 11.9. The van der Waals surface area contributed by atoms with Crippen molar-refractivity contribution in [3.63, 3.8) is 0 Å². The number of hydrogen-bond acceptors (Lipinski definition) is 4. The van der Waals surface area contributed by atoms with E-state index in [0.29, 0.717) is 25.2 Å². The highest BCUT2D eigenvalue weighted by atomic mass is 16.5. The van der Waals surface area contributed by atoms with Gasteiger partial charge in [0.2, 0.25) is 5.91 Å².